The van der Waals surface area contributed by atoms with E-state index in [9.17, 15) is 4.79 Å². The quantitative estimate of drug-likeness (QED) is 0.855. The van der Waals surface area contributed by atoms with Crippen molar-refractivity contribution in [1.82, 2.24) is 15.0 Å². The van der Waals surface area contributed by atoms with Crippen molar-refractivity contribution in [1.29, 1.82) is 0 Å². The van der Waals surface area contributed by atoms with Gasteiger partial charge in [-0.15, -0.1) is 0 Å². The van der Waals surface area contributed by atoms with Gasteiger partial charge in [0.05, 0.1) is 6.42 Å². The van der Waals surface area contributed by atoms with Crippen LogP contribution < -0.4 is 0 Å². The molecule has 1 saturated heterocycles. The van der Waals surface area contributed by atoms with Crippen molar-refractivity contribution >= 4 is 5.97 Å². The summed E-state index contributed by atoms with van der Waals surface area (Å²) in [4.78, 5) is 17.3. The third-order valence-corrected chi connectivity index (χ3v) is 3.92. The highest BCUT2D eigenvalue weighted by Crippen LogP contribution is 2.22. The maximum atomic E-state index is 10.5. The molecule has 1 aromatic rings. The molecule has 0 aliphatic carbocycles. The van der Waals surface area contributed by atoms with Gasteiger partial charge in [0.2, 0.25) is 5.89 Å². The lowest BCUT2D eigenvalue weighted by molar-refractivity contribution is -0.137. The van der Waals surface area contributed by atoms with Gasteiger partial charge in [-0.25, -0.2) is 0 Å². The summed E-state index contributed by atoms with van der Waals surface area (Å²) in [6, 6.07) is 0.613. The van der Waals surface area contributed by atoms with E-state index in [0.29, 0.717) is 30.1 Å². The van der Waals surface area contributed by atoms with Gasteiger partial charge in [-0.2, -0.15) is 4.98 Å². The topological polar surface area (TPSA) is 79.5 Å². The highest BCUT2D eigenvalue weighted by atomic mass is 16.5. The Morgan fingerprint density at radius 3 is 2.75 bits per heavy atom. The standard InChI is InChI=1S/C14H23N3O3/c1-10(2)17-7-5-11(6-8-17)9-13-15-12(16-20-13)3-4-14(18)19/h10-11H,3-9H2,1-2H3,(H,18,19). The van der Waals surface area contributed by atoms with Gasteiger partial charge in [0.1, 0.15) is 0 Å². The highest BCUT2D eigenvalue weighted by Gasteiger charge is 2.22. The van der Waals surface area contributed by atoms with Gasteiger partial charge in [-0.1, -0.05) is 5.16 Å². The monoisotopic (exact) mass is 281 g/mol. The largest absolute Gasteiger partial charge is 0.481 e. The molecule has 0 bridgehead atoms. The van der Waals surface area contributed by atoms with Gasteiger partial charge < -0.3 is 14.5 Å². The number of aliphatic carboxylic acids is 1. The van der Waals surface area contributed by atoms with Crippen LogP contribution in [0.3, 0.4) is 0 Å². The molecule has 0 saturated carbocycles. The molecule has 6 nitrogen and oxygen atoms in total. The van der Waals surface area contributed by atoms with Crippen molar-refractivity contribution in [3.8, 4) is 0 Å². The Hall–Kier alpha value is -1.43. The summed E-state index contributed by atoms with van der Waals surface area (Å²) in [5.41, 5.74) is 0. The summed E-state index contributed by atoms with van der Waals surface area (Å²) in [7, 11) is 0. The summed E-state index contributed by atoms with van der Waals surface area (Å²) in [5.74, 6) is 0.908. The summed E-state index contributed by atoms with van der Waals surface area (Å²) in [5, 5.41) is 12.5. The molecule has 1 aromatic heterocycles. The van der Waals surface area contributed by atoms with E-state index in [1.165, 1.54) is 0 Å². The zero-order chi connectivity index (χ0) is 14.5. The van der Waals surface area contributed by atoms with Crippen LogP contribution in [0.15, 0.2) is 4.52 Å². The van der Waals surface area contributed by atoms with Crippen molar-refractivity contribution in [2.24, 2.45) is 5.92 Å². The van der Waals surface area contributed by atoms with Crippen LogP contribution in [0.4, 0.5) is 0 Å². The molecular weight excluding hydrogens is 258 g/mol. The Balaban J connectivity index is 1.78. The molecule has 1 aliphatic rings. The summed E-state index contributed by atoms with van der Waals surface area (Å²) in [6.07, 6.45) is 3.51. The number of aromatic nitrogens is 2. The van der Waals surface area contributed by atoms with Crippen LogP contribution in [0.25, 0.3) is 0 Å². The van der Waals surface area contributed by atoms with Crippen molar-refractivity contribution < 1.29 is 14.4 Å². The Morgan fingerprint density at radius 2 is 2.15 bits per heavy atom. The first-order valence-electron chi connectivity index (χ1n) is 7.32. The molecule has 0 spiro atoms. The van der Waals surface area contributed by atoms with Gasteiger partial charge >= 0.3 is 5.97 Å². The maximum absolute atomic E-state index is 10.5. The molecule has 6 heteroatoms. The normalized spacial score (nSPS) is 17.8. The van der Waals surface area contributed by atoms with Crippen LogP contribution >= 0.6 is 0 Å². The lowest BCUT2D eigenvalue weighted by Gasteiger charge is -2.34. The number of carboxylic acid groups (broad SMARTS) is 1. The number of carbonyl (C=O) groups is 1. The van der Waals surface area contributed by atoms with Gasteiger partial charge in [-0.05, 0) is 45.7 Å². The molecule has 1 N–H and O–H groups in total. The van der Waals surface area contributed by atoms with Crippen LogP contribution in [0.2, 0.25) is 0 Å². The minimum absolute atomic E-state index is 0.0474. The van der Waals surface area contributed by atoms with E-state index in [1.807, 2.05) is 0 Å². The van der Waals surface area contributed by atoms with Crippen molar-refractivity contribution in [2.45, 2.75) is 52.0 Å². The number of rotatable bonds is 6. The van der Waals surface area contributed by atoms with Gasteiger partial charge in [0, 0.05) is 18.9 Å². The van der Waals surface area contributed by atoms with E-state index in [2.05, 4.69) is 28.9 Å². The number of piperidine rings is 1. The number of hydrogen-bond acceptors (Lipinski definition) is 5. The lowest BCUT2D eigenvalue weighted by Crippen LogP contribution is -2.38. The third-order valence-electron chi connectivity index (χ3n) is 3.92. The second-order valence-corrected chi connectivity index (χ2v) is 5.78. The summed E-state index contributed by atoms with van der Waals surface area (Å²) < 4.78 is 5.21. The molecular formula is C14H23N3O3. The Kier molecular flexibility index (Phi) is 5.11. The van der Waals surface area contributed by atoms with E-state index >= 15 is 0 Å². The average Bonchev–Trinajstić information content (AvgIpc) is 2.84. The van der Waals surface area contributed by atoms with E-state index in [1.54, 1.807) is 0 Å². The van der Waals surface area contributed by atoms with Crippen LogP contribution in [0.5, 0.6) is 0 Å². The Morgan fingerprint density at radius 1 is 1.45 bits per heavy atom. The molecule has 0 aromatic carbocycles. The van der Waals surface area contributed by atoms with Crippen molar-refractivity contribution in [2.75, 3.05) is 13.1 Å². The SMILES string of the molecule is CC(C)N1CCC(Cc2nc(CCC(=O)O)no2)CC1. The fourth-order valence-corrected chi connectivity index (χ4v) is 2.61. The molecule has 0 unspecified atom stereocenters. The molecule has 0 atom stereocenters. The second-order valence-electron chi connectivity index (χ2n) is 5.78. The van der Waals surface area contributed by atoms with E-state index in [0.717, 1.165) is 32.4 Å². The third kappa shape index (κ3) is 4.30. The molecule has 112 valence electrons. The maximum Gasteiger partial charge on any atom is 0.303 e. The van der Waals surface area contributed by atoms with E-state index in [-0.39, 0.29) is 6.42 Å². The summed E-state index contributed by atoms with van der Waals surface area (Å²) in [6.45, 7) is 6.71. The molecule has 2 rings (SSSR count). The van der Waals surface area contributed by atoms with Crippen molar-refractivity contribution in [3.05, 3.63) is 11.7 Å². The molecule has 0 amide bonds. The number of hydrogen-bond donors (Lipinski definition) is 1. The number of aryl methyl sites for hydroxylation is 1. The Bertz CT molecular complexity index is 437. The molecule has 1 aliphatic heterocycles. The van der Waals surface area contributed by atoms with Crippen LogP contribution in [-0.4, -0.2) is 45.2 Å². The predicted molar refractivity (Wildman–Crippen MR) is 73.4 cm³/mol. The minimum atomic E-state index is -0.836. The first kappa shape index (κ1) is 15.0. The minimum Gasteiger partial charge on any atom is -0.481 e. The van der Waals surface area contributed by atoms with Crippen LogP contribution in [-0.2, 0) is 17.6 Å². The van der Waals surface area contributed by atoms with Gasteiger partial charge in [0.15, 0.2) is 5.82 Å². The second kappa shape index (κ2) is 6.83. The molecule has 1 fully saturated rings. The highest BCUT2D eigenvalue weighted by molar-refractivity contribution is 5.66. The first-order chi connectivity index (χ1) is 9.54. The predicted octanol–water partition coefficient (Wildman–Crippen LogP) is 1.75. The number of nitrogens with zero attached hydrogens (tertiary/aromatic N) is 3. The van der Waals surface area contributed by atoms with Gasteiger partial charge in [-0.3, -0.25) is 4.79 Å². The Labute approximate surface area is 119 Å². The smallest absolute Gasteiger partial charge is 0.303 e. The molecule has 20 heavy (non-hydrogen) atoms. The zero-order valence-electron chi connectivity index (χ0n) is 12.2. The molecule has 2 heterocycles. The zero-order valence-corrected chi connectivity index (χ0v) is 12.2. The summed E-state index contributed by atoms with van der Waals surface area (Å²) >= 11 is 0. The van der Waals surface area contributed by atoms with E-state index in [4.69, 9.17) is 9.63 Å². The lowest BCUT2D eigenvalue weighted by atomic mass is 9.93. The van der Waals surface area contributed by atoms with Crippen LogP contribution in [0.1, 0.15) is 44.8 Å². The van der Waals surface area contributed by atoms with E-state index < -0.39 is 5.97 Å². The fourth-order valence-electron chi connectivity index (χ4n) is 2.61. The first-order valence-corrected chi connectivity index (χ1v) is 7.32. The number of carboxylic acids is 1. The number of likely N-dealkylation sites (tertiary alicyclic amines) is 1. The van der Waals surface area contributed by atoms with Gasteiger partial charge in [0.25, 0.3) is 0 Å². The van der Waals surface area contributed by atoms with Crippen molar-refractivity contribution in [3.63, 3.8) is 0 Å². The van der Waals surface area contributed by atoms with Crippen LogP contribution in [0, 0.1) is 5.92 Å². The fraction of sp³-hybridized carbons (Fsp3) is 0.786. The average molecular weight is 281 g/mol. The molecule has 0 radical (unpaired) electrons.